The number of rotatable bonds is 8. The van der Waals surface area contributed by atoms with E-state index in [2.05, 4.69) is 0 Å². The number of Topliss-reactive ketones (excluding diaryl/α,β-unsaturated/α-hetero) is 1. The lowest BCUT2D eigenvalue weighted by molar-refractivity contribution is -0.131. The summed E-state index contributed by atoms with van der Waals surface area (Å²) < 4.78 is 5.25. The molecule has 150 valence electrons. The molecule has 0 unspecified atom stereocenters. The van der Waals surface area contributed by atoms with Crippen LogP contribution in [0.1, 0.15) is 55.1 Å². The fourth-order valence-electron chi connectivity index (χ4n) is 2.92. The lowest BCUT2D eigenvalue weighted by Gasteiger charge is -2.17. The van der Waals surface area contributed by atoms with Crippen molar-refractivity contribution < 1.29 is 29.6 Å². The Balaban J connectivity index is 2.36. The molecule has 0 saturated heterocycles. The minimum absolute atomic E-state index is 0.0682. The van der Waals surface area contributed by atoms with Gasteiger partial charge in [0.15, 0.2) is 11.5 Å². The molecule has 2 aromatic carbocycles. The molecule has 6 heteroatoms. The molecule has 0 aliphatic heterocycles. The van der Waals surface area contributed by atoms with Crippen LogP contribution in [0, 0.1) is 5.92 Å². The van der Waals surface area contributed by atoms with Gasteiger partial charge in [0, 0.05) is 25.0 Å². The lowest BCUT2D eigenvalue weighted by Crippen LogP contribution is -2.12. The van der Waals surface area contributed by atoms with Gasteiger partial charge in [0.25, 0.3) is 0 Å². The van der Waals surface area contributed by atoms with Crippen LogP contribution in [0.2, 0.25) is 0 Å². The first kappa shape index (κ1) is 21.3. The zero-order valence-electron chi connectivity index (χ0n) is 16.4. The predicted molar refractivity (Wildman–Crippen MR) is 105 cm³/mol. The van der Waals surface area contributed by atoms with Crippen LogP contribution in [0.3, 0.4) is 0 Å². The third-order valence-electron chi connectivity index (χ3n) is 4.41. The predicted octanol–water partition coefficient (Wildman–Crippen LogP) is 4.13. The highest BCUT2D eigenvalue weighted by atomic mass is 16.5. The molecule has 3 N–H and O–H groups in total. The summed E-state index contributed by atoms with van der Waals surface area (Å²) in [6.45, 7) is 5.25. The summed E-state index contributed by atoms with van der Waals surface area (Å²) in [6.07, 6.45) is 1.58. The van der Waals surface area contributed by atoms with Crippen molar-refractivity contribution in [3.05, 3.63) is 47.0 Å². The van der Waals surface area contributed by atoms with E-state index < -0.39 is 17.5 Å². The van der Waals surface area contributed by atoms with E-state index >= 15 is 0 Å². The quantitative estimate of drug-likeness (QED) is 0.358. The number of phenolic OH excluding ortho intramolecular Hbond substituents is 3. The van der Waals surface area contributed by atoms with Gasteiger partial charge < -0.3 is 20.1 Å². The molecule has 0 radical (unpaired) electrons. The SMILES string of the molecule is CC(=O)Oc1c(CCC(C)C)c(O)cc(O)c1C(=O)CCc1ccc(O)cc1. The lowest BCUT2D eigenvalue weighted by atomic mass is 9.94. The van der Waals surface area contributed by atoms with Crippen molar-refractivity contribution in [3.63, 3.8) is 0 Å². The molecular formula is C22H26O6. The molecule has 0 fully saturated rings. The highest BCUT2D eigenvalue weighted by Gasteiger charge is 2.25. The minimum Gasteiger partial charge on any atom is -0.508 e. The van der Waals surface area contributed by atoms with Gasteiger partial charge in [-0.3, -0.25) is 9.59 Å². The molecule has 2 rings (SSSR count). The van der Waals surface area contributed by atoms with Crippen LogP contribution in [-0.4, -0.2) is 27.1 Å². The molecule has 0 aliphatic carbocycles. The standard InChI is InChI=1S/C22H26O6/c1-13(2)4-10-17-19(26)12-20(27)21(22(17)28-14(3)23)18(25)11-7-15-5-8-16(24)9-6-15/h5-6,8-9,12-13,24,26-27H,4,7,10-11H2,1-3H3. The molecule has 0 bridgehead atoms. The molecule has 6 nitrogen and oxygen atoms in total. The maximum atomic E-state index is 12.8. The second-order valence-corrected chi connectivity index (χ2v) is 7.21. The van der Waals surface area contributed by atoms with E-state index in [4.69, 9.17) is 4.74 Å². The van der Waals surface area contributed by atoms with Crippen LogP contribution in [-0.2, 0) is 17.6 Å². The van der Waals surface area contributed by atoms with Gasteiger partial charge in [0.05, 0.1) is 0 Å². The van der Waals surface area contributed by atoms with E-state index in [1.165, 1.54) is 19.1 Å². The van der Waals surface area contributed by atoms with Crippen molar-refractivity contribution >= 4 is 11.8 Å². The zero-order valence-corrected chi connectivity index (χ0v) is 16.4. The molecule has 0 aromatic heterocycles. The number of aromatic hydroxyl groups is 3. The maximum absolute atomic E-state index is 12.8. The summed E-state index contributed by atoms with van der Waals surface area (Å²) in [5.41, 5.74) is 1.10. The van der Waals surface area contributed by atoms with E-state index in [0.717, 1.165) is 11.6 Å². The molecule has 2 aromatic rings. The third kappa shape index (κ3) is 5.49. The van der Waals surface area contributed by atoms with Gasteiger partial charge in [-0.1, -0.05) is 26.0 Å². The fraction of sp³-hybridized carbons (Fsp3) is 0.364. The summed E-state index contributed by atoms with van der Waals surface area (Å²) in [7, 11) is 0. The van der Waals surface area contributed by atoms with Crippen LogP contribution in [0.15, 0.2) is 30.3 Å². The van der Waals surface area contributed by atoms with Gasteiger partial charge in [0.1, 0.15) is 22.8 Å². The Morgan fingerprint density at radius 2 is 1.64 bits per heavy atom. The first-order valence-electron chi connectivity index (χ1n) is 9.26. The van der Waals surface area contributed by atoms with E-state index in [0.29, 0.717) is 30.7 Å². The van der Waals surface area contributed by atoms with Crippen molar-refractivity contribution in [2.24, 2.45) is 5.92 Å². The number of benzene rings is 2. The molecule has 0 saturated carbocycles. The molecule has 0 spiro atoms. The highest BCUT2D eigenvalue weighted by molar-refractivity contribution is 6.02. The second kappa shape index (κ2) is 9.26. The van der Waals surface area contributed by atoms with Crippen LogP contribution < -0.4 is 4.74 Å². The number of phenols is 3. The number of hydrogen-bond donors (Lipinski definition) is 3. The van der Waals surface area contributed by atoms with Gasteiger partial charge in [-0.25, -0.2) is 0 Å². The molecule has 0 heterocycles. The summed E-state index contributed by atoms with van der Waals surface area (Å²) in [6, 6.07) is 7.61. The summed E-state index contributed by atoms with van der Waals surface area (Å²) in [4.78, 5) is 24.4. The highest BCUT2D eigenvalue weighted by Crippen LogP contribution is 2.40. The first-order valence-corrected chi connectivity index (χ1v) is 9.26. The number of carbonyl (C=O) groups excluding carboxylic acids is 2. The Morgan fingerprint density at radius 1 is 1.00 bits per heavy atom. The maximum Gasteiger partial charge on any atom is 0.308 e. The van der Waals surface area contributed by atoms with Crippen molar-refractivity contribution in [2.45, 2.75) is 46.5 Å². The Hall–Kier alpha value is -3.02. The summed E-state index contributed by atoms with van der Waals surface area (Å²) >= 11 is 0. The van der Waals surface area contributed by atoms with Crippen molar-refractivity contribution in [1.82, 2.24) is 0 Å². The van der Waals surface area contributed by atoms with E-state index in [1.54, 1.807) is 12.1 Å². The number of ketones is 1. The first-order chi connectivity index (χ1) is 13.2. The van der Waals surface area contributed by atoms with Gasteiger partial charge in [-0.05, 0) is 42.9 Å². The Labute approximate surface area is 164 Å². The zero-order chi connectivity index (χ0) is 20.8. The number of ether oxygens (including phenoxy) is 1. The smallest absolute Gasteiger partial charge is 0.308 e. The van der Waals surface area contributed by atoms with Crippen molar-refractivity contribution in [2.75, 3.05) is 0 Å². The van der Waals surface area contributed by atoms with E-state index in [9.17, 15) is 24.9 Å². The van der Waals surface area contributed by atoms with E-state index in [1.807, 2.05) is 13.8 Å². The summed E-state index contributed by atoms with van der Waals surface area (Å²) in [5.74, 6) is -1.25. The van der Waals surface area contributed by atoms with Gasteiger partial charge in [-0.15, -0.1) is 0 Å². The monoisotopic (exact) mass is 386 g/mol. The Morgan fingerprint density at radius 3 is 2.21 bits per heavy atom. The Kier molecular flexibility index (Phi) is 7.04. The number of carbonyl (C=O) groups is 2. The number of hydrogen-bond acceptors (Lipinski definition) is 6. The Bertz CT molecular complexity index is 852. The second-order valence-electron chi connectivity index (χ2n) is 7.21. The van der Waals surface area contributed by atoms with Crippen LogP contribution in [0.5, 0.6) is 23.0 Å². The van der Waals surface area contributed by atoms with Crippen molar-refractivity contribution in [3.8, 4) is 23.0 Å². The molecule has 28 heavy (non-hydrogen) atoms. The van der Waals surface area contributed by atoms with E-state index in [-0.39, 0.29) is 29.2 Å². The summed E-state index contributed by atoms with van der Waals surface area (Å²) in [5, 5.41) is 29.9. The average Bonchev–Trinajstić information content (AvgIpc) is 2.60. The van der Waals surface area contributed by atoms with Crippen LogP contribution in [0.4, 0.5) is 0 Å². The van der Waals surface area contributed by atoms with Gasteiger partial charge in [0.2, 0.25) is 0 Å². The molecule has 0 atom stereocenters. The number of esters is 1. The van der Waals surface area contributed by atoms with Crippen LogP contribution >= 0.6 is 0 Å². The third-order valence-corrected chi connectivity index (χ3v) is 4.41. The molecule has 0 aliphatic rings. The largest absolute Gasteiger partial charge is 0.508 e. The topological polar surface area (TPSA) is 104 Å². The normalized spacial score (nSPS) is 10.9. The number of aryl methyl sites for hydroxylation is 1. The fourth-order valence-corrected chi connectivity index (χ4v) is 2.92. The van der Waals surface area contributed by atoms with Crippen molar-refractivity contribution in [1.29, 1.82) is 0 Å². The molecule has 0 amide bonds. The van der Waals surface area contributed by atoms with Gasteiger partial charge >= 0.3 is 5.97 Å². The minimum atomic E-state index is -0.636. The molecular weight excluding hydrogens is 360 g/mol. The average molecular weight is 386 g/mol. The van der Waals surface area contributed by atoms with Gasteiger partial charge in [-0.2, -0.15) is 0 Å². The van der Waals surface area contributed by atoms with Crippen LogP contribution in [0.25, 0.3) is 0 Å².